The zero-order chi connectivity index (χ0) is 15.1. The third-order valence-electron chi connectivity index (χ3n) is 3.31. The Balaban J connectivity index is 1.91. The average Bonchev–Trinajstić information content (AvgIpc) is 3.16. The topological polar surface area (TPSA) is 82.2 Å². The summed E-state index contributed by atoms with van der Waals surface area (Å²) in [5.74, 6) is 0.848. The van der Waals surface area contributed by atoms with E-state index in [0.29, 0.717) is 34.2 Å². The van der Waals surface area contributed by atoms with Gasteiger partial charge in [0.1, 0.15) is 11.6 Å². The molecule has 0 saturated heterocycles. The molecule has 0 aliphatic rings. The van der Waals surface area contributed by atoms with Gasteiger partial charge < -0.3 is 10.3 Å². The van der Waals surface area contributed by atoms with E-state index in [1.807, 2.05) is 0 Å². The fraction of sp³-hybridized carbons (Fsp3) is 0. The van der Waals surface area contributed by atoms with Crippen LogP contribution in [0.5, 0.6) is 0 Å². The molecule has 0 unspecified atom stereocenters. The van der Waals surface area contributed by atoms with Crippen LogP contribution >= 0.6 is 0 Å². The second-order valence-corrected chi connectivity index (χ2v) is 4.73. The number of aromatic nitrogens is 4. The Morgan fingerprint density at radius 1 is 1.14 bits per heavy atom. The molecule has 4 rings (SSSR count). The summed E-state index contributed by atoms with van der Waals surface area (Å²) in [6.07, 6.45) is 1.51. The van der Waals surface area contributed by atoms with E-state index < -0.39 is 0 Å². The number of nitrogen functional groups attached to an aromatic ring is 1. The molecule has 108 valence electrons. The van der Waals surface area contributed by atoms with E-state index in [2.05, 4.69) is 15.2 Å². The number of nitrogens with two attached hydrogens (primary N) is 1. The van der Waals surface area contributed by atoms with E-state index in [1.54, 1.807) is 36.4 Å². The minimum Gasteiger partial charge on any atom is -0.384 e. The molecular formula is C15H10FN5O. The molecule has 4 aromatic rings. The van der Waals surface area contributed by atoms with Gasteiger partial charge in [0.15, 0.2) is 5.65 Å². The van der Waals surface area contributed by atoms with Crippen LogP contribution in [0.25, 0.3) is 28.4 Å². The first-order valence-electron chi connectivity index (χ1n) is 6.54. The number of nitrogens with zero attached hydrogens (tertiary/aromatic N) is 4. The first-order chi connectivity index (χ1) is 10.7. The molecule has 6 nitrogen and oxygen atoms in total. The first kappa shape index (κ1) is 12.5. The number of rotatable bonds is 2. The van der Waals surface area contributed by atoms with Crippen molar-refractivity contribution in [1.29, 1.82) is 0 Å². The number of halogens is 1. The number of anilines is 1. The Morgan fingerprint density at radius 3 is 2.77 bits per heavy atom. The zero-order valence-corrected chi connectivity index (χ0v) is 11.3. The van der Waals surface area contributed by atoms with E-state index in [-0.39, 0.29) is 5.82 Å². The summed E-state index contributed by atoms with van der Waals surface area (Å²) in [6.45, 7) is 0. The Kier molecular flexibility index (Phi) is 2.65. The van der Waals surface area contributed by atoms with Gasteiger partial charge in [0.25, 0.3) is 0 Å². The van der Waals surface area contributed by atoms with Crippen LogP contribution in [-0.2, 0) is 0 Å². The van der Waals surface area contributed by atoms with Gasteiger partial charge in [0.05, 0.1) is 6.20 Å². The predicted molar refractivity (Wildman–Crippen MR) is 78.3 cm³/mol. The lowest BCUT2D eigenvalue weighted by Crippen LogP contribution is -1.99. The molecule has 7 heteroatoms. The number of benzene rings is 1. The fourth-order valence-corrected chi connectivity index (χ4v) is 2.30. The lowest BCUT2D eigenvalue weighted by molar-refractivity contribution is 0.429. The van der Waals surface area contributed by atoms with Crippen LogP contribution in [0.4, 0.5) is 10.2 Å². The summed E-state index contributed by atoms with van der Waals surface area (Å²) in [6, 6.07) is 11.5. The lowest BCUT2D eigenvalue weighted by Gasteiger charge is -2.05. The molecule has 3 heterocycles. The van der Waals surface area contributed by atoms with Crippen LogP contribution in [0.15, 0.2) is 53.2 Å². The molecular weight excluding hydrogens is 285 g/mol. The van der Waals surface area contributed by atoms with Crippen LogP contribution in [0.2, 0.25) is 0 Å². The quantitative estimate of drug-likeness (QED) is 0.615. The third-order valence-corrected chi connectivity index (χ3v) is 3.31. The molecule has 0 amide bonds. The summed E-state index contributed by atoms with van der Waals surface area (Å²) in [5.41, 5.74) is 7.60. The van der Waals surface area contributed by atoms with E-state index in [9.17, 15) is 4.39 Å². The molecule has 2 N–H and O–H groups in total. The maximum Gasteiger partial charge on any atom is 0.220 e. The third kappa shape index (κ3) is 1.91. The standard InChI is InChI=1S/C15H10FN5O/c16-11-4-2-1-3-10(11)9-7-13(17)21-14(8-9)19-15(20-21)12-5-6-18-22-12/h1-8H,17H2. The van der Waals surface area contributed by atoms with Crippen molar-refractivity contribution in [3.8, 4) is 22.7 Å². The lowest BCUT2D eigenvalue weighted by atomic mass is 10.1. The SMILES string of the molecule is Nc1cc(-c2ccccc2F)cc2nc(-c3ccno3)nn12. The highest BCUT2D eigenvalue weighted by Crippen LogP contribution is 2.27. The van der Waals surface area contributed by atoms with Crippen molar-refractivity contribution < 1.29 is 8.91 Å². The van der Waals surface area contributed by atoms with E-state index in [4.69, 9.17) is 10.3 Å². The van der Waals surface area contributed by atoms with Crippen molar-refractivity contribution in [2.75, 3.05) is 5.73 Å². The number of hydrogen-bond donors (Lipinski definition) is 1. The van der Waals surface area contributed by atoms with Gasteiger partial charge in [0, 0.05) is 11.6 Å². The summed E-state index contributed by atoms with van der Waals surface area (Å²) in [7, 11) is 0. The maximum atomic E-state index is 13.9. The minimum absolute atomic E-state index is 0.318. The largest absolute Gasteiger partial charge is 0.384 e. The van der Waals surface area contributed by atoms with Crippen molar-refractivity contribution in [3.63, 3.8) is 0 Å². The first-order valence-corrected chi connectivity index (χ1v) is 6.54. The van der Waals surface area contributed by atoms with Crippen molar-refractivity contribution >= 4 is 11.5 Å². The molecule has 1 aromatic carbocycles. The summed E-state index contributed by atoms with van der Waals surface area (Å²) in [5, 5.41) is 7.89. The van der Waals surface area contributed by atoms with Gasteiger partial charge in [-0.25, -0.2) is 9.37 Å². The van der Waals surface area contributed by atoms with E-state index in [0.717, 1.165) is 0 Å². The smallest absolute Gasteiger partial charge is 0.220 e. The molecule has 0 aliphatic carbocycles. The fourth-order valence-electron chi connectivity index (χ4n) is 2.30. The molecule has 0 fully saturated rings. The highest BCUT2D eigenvalue weighted by atomic mass is 19.1. The van der Waals surface area contributed by atoms with Crippen LogP contribution in [0, 0.1) is 5.82 Å². The number of hydrogen-bond acceptors (Lipinski definition) is 5. The number of pyridine rings is 1. The van der Waals surface area contributed by atoms with Crippen molar-refractivity contribution in [2.24, 2.45) is 0 Å². The molecule has 0 aliphatic heterocycles. The summed E-state index contributed by atoms with van der Waals surface area (Å²) in [4.78, 5) is 4.35. The van der Waals surface area contributed by atoms with Crippen LogP contribution in [0.1, 0.15) is 0 Å². The average molecular weight is 295 g/mol. The molecule has 22 heavy (non-hydrogen) atoms. The van der Waals surface area contributed by atoms with Crippen molar-refractivity contribution in [2.45, 2.75) is 0 Å². The van der Waals surface area contributed by atoms with Crippen molar-refractivity contribution in [1.82, 2.24) is 19.8 Å². The monoisotopic (exact) mass is 295 g/mol. The Bertz CT molecular complexity index is 961. The van der Waals surface area contributed by atoms with Crippen LogP contribution in [0.3, 0.4) is 0 Å². The Labute approximate surface area is 124 Å². The summed E-state index contributed by atoms with van der Waals surface area (Å²) < 4.78 is 20.4. The van der Waals surface area contributed by atoms with Gasteiger partial charge in [-0.3, -0.25) is 0 Å². The highest BCUT2D eigenvalue weighted by Gasteiger charge is 2.14. The van der Waals surface area contributed by atoms with Gasteiger partial charge in [-0.1, -0.05) is 23.4 Å². The van der Waals surface area contributed by atoms with Gasteiger partial charge in [0.2, 0.25) is 11.6 Å². The molecule has 0 radical (unpaired) electrons. The molecule has 0 spiro atoms. The minimum atomic E-state index is -0.318. The molecule has 0 bridgehead atoms. The normalized spacial score (nSPS) is 11.1. The molecule has 3 aromatic heterocycles. The van der Waals surface area contributed by atoms with Crippen LogP contribution in [-0.4, -0.2) is 19.8 Å². The van der Waals surface area contributed by atoms with E-state index >= 15 is 0 Å². The number of fused-ring (bicyclic) bond motifs is 1. The van der Waals surface area contributed by atoms with Crippen LogP contribution < -0.4 is 5.73 Å². The van der Waals surface area contributed by atoms with Gasteiger partial charge in [-0.05, 0) is 23.8 Å². The molecule has 0 saturated carbocycles. The van der Waals surface area contributed by atoms with Crippen molar-refractivity contribution in [3.05, 3.63) is 54.5 Å². The summed E-state index contributed by atoms with van der Waals surface area (Å²) >= 11 is 0. The van der Waals surface area contributed by atoms with E-state index in [1.165, 1.54) is 16.8 Å². The molecule has 0 atom stereocenters. The highest BCUT2D eigenvalue weighted by molar-refractivity contribution is 5.72. The Morgan fingerprint density at radius 2 is 2.00 bits per heavy atom. The second-order valence-electron chi connectivity index (χ2n) is 4.73. The zero-order valence-electron chi connectivity index (χ0n) is 11.3. The maximum absolute atomic E-state index is 13.9. The van der Waals surface area contributed by atoms with Gasteiger partial charge >= 0.3 is 0 Å². The Hall–Kier alpha value is -3.22. The van der Waals surface area contributed by atoms with Gasteiger partial charge in [-0.2, -0.15) is 4.52 Å². The second kappa shape index (κ2) is 4.66. The predicted octanol–water partition coefficient (Wildman–Crippen LogP) is 2.77. The van der Waals surface area contributed by atoms with Gasteiger partial charge in [-0.15, -0.1) is 5.10 Å².